The molecule has 2 rings (SSSR count). The van der Waals surface area contributed by atoms with Gasteiger partial charge in [0.25, 0.3) is 0 Å². The summed E-state index contributed by atoms with van der Waals surface area (Å²) in [5.74, 6) is 1.28. The first-order valence-corrected chi connectivity index (χ1v) is 8.55. The number of hydrogen-bond acceptors (Lipinski definition) is 5. The Hall–Kier alpha value is -1.53. The first kappa shape index (κ1) is 16.8. The van der Waals surface area contributed by atoms with E-state index in [1.165, 1.54) is 15.6 Å². The smallest absolute Gasteiger partial charge is 0.237 e. The molecular weight excluding hydrogens is 296 g/mol. The van der Waals surface area contributed by atoms with Crippen LogP contribution >= 0.6 is 11.3 Å². The molecule has 2 aromatic rings. The Morgan fingerprint density at radius 2 is 2.09 bits per heavy atom. The molecule has 0 atom stereocenters. The summed E-state index contributed by atoms with van der Waals surface area (Å²) in [5.41, 5.74) is 8.30. The minimum atomic E-state index is 0.573. The number of rotatable bonds is 7. The van der Waals surface area contributed by atoms with Crippen LogP contribution < -0.4 is 10.3 Å². The number of thiazole rings is 1. The molecule has 0 bridgehead atoms. The Labute approximate surface area is 136 Å². The molecule has 0 spiro atoms. The fraction of sp³-hybridized carbons (Fsp3) is 0.562. The molecule has 2 heterocycles. The third kappa shape index (κ3) is 3.81. The minimum Gasteiger partial charge on any atom is -0.383 e. The van der Waals surface area contributed by atoms with Gasteiger partial charge in [0.2, 0.25) is 5.01 Å². The van der Waals surface area contributed by atoms with Gasteiger partial charge in [0.05, 0.1) is 17.0 Å². The van der Waals surface area contributed by atoms with Crippen molar-refractivity contribution in [1.82, 2.24) is 9.97 Å². The van der Waals surface area contributed by atoms with E-state index in [4.69, 9.17) is 10.5 Å². The van der Waals surface area contributed by atoms with Crippen molar-refractivity contribution in [2.75, 3.05) is 18.9 Å². The van der Waals surface area contributed by atoms with Gasteiger partial charge in [0.1, 0.15) is 11.6 Å². The largest absolute Gasteiger partial charge is 0.383 e. The van der Waals surface area contributed by atoms with Gasteiger partial charge in [-0.25, -0.2) is 9.97 Å². The zero-order chi connectivity index (χ0) is 16.1. The second-order valence-corrected chi connectivity index (χ2v) is 6.39. The van der Waals surface area contributed by atoms with Crippen LogP contribution in [0.3, 0.4) is 0 Å². The number of aromatic nitrogens is 3. The molecule has 0 saturated carbocycles. The molecule has 5 nitrogen and oxygen atoms in total. The molecule has 0 radical (unpaired) electrons. The van der Waals surface area contributed by atoms with E-state index in [0.29, 0.717) is 11.6 Å². The van der Waals surface area contributed by atoms with E-state index >= 15 is 0 Å². The number of aryl methyl sites for hydroxylation is 2. The molecule has 0 aliphatic carbocycles. The van der Waals surface area contributed by atoms with E-state index in [1.807, 2.05) is 31.4 Å². The van der Waals surface area contributed by atoms with E-state index in [1.54, 1.807) is 0 Å². The SMILES string of the molecule is CCOCCc1sc(CC)[n+](Cc2cnc(C)nc2N)c1C. The van der Waals surface area contributed by atoms with Crippen LogP contribution in [0.4, 0.5) is 5.82 Å². The van der Waals surface area contributed by atoms with Crippen molar-refractivity contribution in [1.29, 1.82) is 0 Å². The average molecular weight is 321 g/mol. The second-order valence-electron chi connectivity index (χ2n) is 5.22. The average Bonchev–Trinajstić information content (AvgIpc) is 2.79. The van der Waals surface area contributed by atoms with Crippen molar-refractivity contribution in [3.8, 4) is 0 Å². The van der Waals surface area contributed by atoms with Crippen molar-refractivity contribution < 1.29 is 9.30 Å². The topological polar surface area (TPSA) is 64.9 Å². The highest BCUT2D eigenvalue weighted by Crippen LogP contribution is 2.19. The lowest BCUT2D eigenvalue weighted by Crippen LogP contribution is -2.39. The molecule has 120 valence electrons. The number of hydrogen-bond donors (Lipinski definition) is 1. The highest BCUT2D eigenvalue weighted by atomic mass is 32.1. The fourth-order valence-electron chi connectivity index (χ4n) is 2.42. The lowest BCUT2D eigenvalue weighted by Gasteiger charge is -2.03. The normalized spacial score (nSPS) is 11.1. The Kier molecular flexibility index (Phi) is 5.85. The first-order valence-electron chi connectivity index (χ1n) is 7.73. The van der Waals surface area contributed by atoms with Gasteiger partial charge in [-0.1, -0.05) is 18.3 Å². The predicted molar refractivity (Wildman–Crippen MR) is 89.1 cm³/mol. The summed E-state index contributed by atoms with van der Waals surface area (Å²) < 4.78 is 7.81. The van der Waals surface area contributed by atoms with Crippen LogP contribution in [0.25, 0.3) is 0 Å². The van der Waals surface area contributed by atoms with Gasteiger partial charge in [0, 0.05) is 32.6 Å². The molecule has 0 aromatic carbocycles. The molecule has 22 heavy (non-hydrogen) atoms. The number of nitrogen functional groups attached to an aromatic ring is 1. The summed E-state index contributed by atoms with van der Waals surface area (Å²) in [6.45, 7) is 10.5. The summed E-state index contributed by atoms with van der Waals surface area (Å²) in [6, 6.07) is 0. The zero-order valence-corrected chi connectivity index (χ0v) is 14.7. The quantitative estimate of drug-likeness (QED) is 0.627. The molecule has 0 amide bonds. The zero-order valence-electron chi connectivity index (χ0n) is 13.8. The maximum absolute atomic E-state index is 6.03. The Bertz CT molecular complexity index is 639. The molecule has 2 aromatic heterocycles. The van der Waals surface area contributed by atoms with Crippen LogP contribution in [0, 0.1) is 13.8 Å². The van der Waals surface area contributed by atoms with Crippen molar-refractivity contribution in [3.63, 3.8) is 0 Å². The van der Waals surface area contributed by atoms with Gasteiger partial charge in [-0.15, -0.1) is 0 Å². The van der Waals surface area contributed by atoms with Crippen molar-refractivity contribution in [3.05, 3.63) is 33.2 Å². The van der Waals surface area contributed by atoms with Crippen LogP contribution in [0.5, 0.6) is 0 Å². The van der Waals surface area contributed by atoms with Crippen LogP contribution in [0.2, 0.25) is 0 Å². The lowest BCUT2D eigenvalue weighted by atomic mass is 10.2. The molecule has 2 N–H and O–H groups in total. The van der Waals surface area contributed by atoms with Crippen molar-refractivity contribution in [2.45, 2.75) is 47.1 Å². The highest BCUT2D eigenvalue weighted by Gasteiger charge is 2.23. The second kappa shape index (κ2) is 7.65. The predicted octanol–water partition coefficient (Wildman–Crippen LogP) is 2.21. The van der Waals surface area contributed by atoms with Gasteiger partial charge >= 0.3 is 0 Å². The number of anilines is 1. The molecular formula is C16H25N4OS+. The van der Waals surface area contributed by atoms with E-state index in [9.17, 15) is 0 Å². The summed E-state index contributed by atoms with van der Waals surface area (Å²) >= 11 is 1.87. The standard InChI is InChI=1S/C16H25N4OS/c1-5-15-20(10-13-9-18-12(4)19-16(13)17)11(3)14(22-15)7-8-21-6-2/h9H,5-8,10H2,1-4H3,(H2,17,18,19)/q+1. The first-order chi connectivity index (χ1) is 10.6. The Morgan fingerprint density at radius 3 is 2.73 bits per heavy atom. The highest BCUT2D eigenvalue weighted by molar-refractivity contribution is 7.11. The Morgan fingerprint density at radius 1 is 1.32 bits per heavy atom. The van der Waals surface area contributed by atoms with E-state index in [0.717, 1.165) is 38.2 Å². The van der Waals surface area contributed by atoms with Gasteiger partial charge in [-0.2, -0.15) is 4.57 Å². The van der Waals surface area contributed by atoms with Gasteiger partial charge in [-0.3, -0.25) is 0 Å². The molecule has 0 saturated heterocycles. The summed E-state index contributed by atoms with van der Waals surface area (Å²) in [4.78, 5) is 9.91. The summed E-state index contributed by atoms with van der Waals surface area (Å²) in [5, 5.41) is 1.35. The van der Waals surface area contributed by atoms with E-state index in [2.05, 4.69) is 28.4 Å². The van der Waals surface area contributed by atoms with Gasteiger partial charge in [-0.05, 0) is 13.8 Å². The number of nitrogens with two attached hydrogens (primary N) is 1. The van der Waals surface area contributed by atoms with Crippen LogP contribution in [0.1, 0.15) is 40.8 Å². The Balaban J connectivity index is 2.25. The van der Waals surface area contributed by atoms with Crippen LogP contribution in [-0.2, 0) is 24.1 Å². The number of ether oxygens (including phenoxy) is 1. The van der Waals surface area contributed by atoms with E-state index < -0.39 is 0 Å². The number of nitrogens with zero attached hydrogens (tertiary/aromatic N) is 3. The molecule has 0 aliphatic heterocycles. The van der Waals surface area contributed by atoms with Gasteiger partial charge < -0.3 is 10.5 Å². The lowest BCUT2D eigenvalue weighted by molar-refractivity contribution is -0.696. The molecule has 0 aliphatic rings. The van der Waals surface area contributed by atoms with Gasteiger partial charge in [0.15, 0.2) is 12.2 Å². The monoisotopic (exact) mass is 321 g/mol. The third-order valence-corrected chi connectivity index (χ3v) is 5.17. The molecule has 0 unspecified atom stereocenters. The molecule has 0 fully saturated rings. The summed E-state index contributed by atoms with van der Waals surface area (Å²) in [6.07, 6.45) is 3.80. The van der Waals surface area contributed by atoms with Crippen LogP contribution in [-0.4, -0.2) is 23.2 Å². The maximum Gasteiger partial charge on any atom is 0.237 e. The molecule has 6 heteroatoms. The van der Waals surface area contributed by atoms with Crippen molar-refractivity contribution in [2.24, 2.45) is 0 Å². The van der Waals surface area contributed by atoms with E-state index in [-0.39, 0.29) is 0 Å². The minimum absolute atomic E-state index is 0.573. The summed E-state index contributed by atoms with van der Waals surface area (Å²) in [7, 11) is 0. The van der Waals surface area contributed by atoms with Crippen LogP contribution in [0.15, 0.2) is 6.20 Å². The van der Waals surface area contributed by atoms with Crippen molar-refractivity contribution >= 4 is 17.2 Å². The third-order valence-electron chi connectivity index (χ3n) is 3.68. The fourth-order valence-corrected chi connectivity index (χ4v) is 3.61. The maximum atomic E-state index is 6.03.